The van der Waals surface area contributed by atoms with Crippen molar-refractivity contribution >= 4 is 16.9 Å². The number of carbonyl (C=O) groups is 1. The van der Waals surface area contributed by atoms with Gasteiger partial charge in [0.2, 0.25) is 0 Å². The molecule has 0 spiro atoms. The summed E-state index contributed by atoms with van der Waals surface area (Å²) in [7, 11) is 0. The molecular weight excluding hydrogens is 270 g/mol. The molecule has 0 saturated heterocycles. The first-order valence-corrected chi connectivity index (χ1v) is 7.08. The average molecular weight is 289 g/mol. The second kappa shape index (κ2) is 7.04. The molecule has 1 aromatic carbocycles. The van der Waals surface area contributed by atoms with E-state index >= 15 is 0 Å². The third-order valence-corrected chi connectivity index (χ3v) is 3.35. The van der Waals surface area contributed by atoms with Crippen LogP contribution in [0.15, 0.2) is 35.1 Å². The fraction of sp³-hybridized carbons (Fsp3) is 0.375. The highest BCUT2D eigenvalue weighted by molar-refractivity contribution is 6.02. The fourth-order valence-electron chi connectivity index (χ4n) is 2.25. The van der Waals surface area contributed by atoms with Crippen LogP contribution in [0.5, 0.6) is 0 Å². The molecule has 112 valence electrons. The summed E-state index contributed by atoms with van der Waals surface area (Å²) in [6.07, 6.45) is 2.06. The third kappa shape index (κ3) is 3.49. The highest BCUT2D eigenvalue weighted by Gasteiger charge is 2.13. The van der Waals surface area contributed by atoms with Crippen molar-refractivity contribution in [2.75, 3.05) is 13.2 Å². The molecule has 5 heteroatoms. The molecule has 0 atom stereocenters. The summed E-state index contributed by atoms with van der Waals surface area (Å²) in [5, 5.41) is 9.77. The Kier molecular flexibility index (Phi) is 5.11. The molecule has 2 rings (SSSR count). The van der Waals surface area contributed by atoms with Crippen LogP contribution in [-0.2, 0) is 11.3 Å². The van der Waals surface area contributed by atoms with Crippen molar-refractivity contribution < 1.29 is 14.6 Å². The van der Waals surface area contributed by atoms with Gasteiger partial charge >= 0.3 is 5.97 Å². The van der Waals surface area contributed by atoms with Gasteiger partial charge in [-0.05, 0) is 12.5 Å². The van der Waals surface area contributed by atoms with E-state index in [1.54, 1.807) is 28.8 Å². The van der Waals surface area contributed by atoms with Crippen LogP contribution < -0.4 is 5.56 Å². The van der Waals surface area contributed by atoms with Crippen molar-refractivity contribution in [1.82, 2.24) is 4.57 Å². The Bertz CT molecular complexity index is 690. The fourth-order valence-corrected chi connectivity index (χ4v) is 2.25. The van der Waals surface area contributed by atoms with Gasteiger partial charge in [-0.1, -0.05) is 31.5 Å². The van der Waals surface area contributed by atoms with Gasteiger partial charge in [0.1, 0.15) is 0 Å². The van der Waals surface area contributed by atoms with E-state index in [2.05, 4.69) is 6.92 Å². The monoisotopic (exact) mass is 289 g/mol. The van der Waals surface area contributed by atoms with Crippen LogP contribution in [0.1, 0.15) is 30.1 Å². The number of fused-ring (bicyclic) bond motifs is 1. The largest absolute Gasteiger partial charge is 0.478 e. The Balaban J connectivity index is 2.32. The van der Waals surface area contributed by atoms with Crippen LogP contribution in [0.3, 0.4) is 0 Å². The van der Waals surface area contributed by atoms with E-state index in [1.165, 1.54) is 6.07 Å². The van der Waals surface area contributed by atoms with E-state index in [1.807, 2.05) is 0 Å². The van der Waals surface area contributed by atoms with Gasteiger partial charge in [-0.3, -0.25) is 4.79 Å². The van der Waals surface area contributed by atoms with Gasteiger partial charge < -0.3 is 14.4 Å². The van der Waals surface area contributed by atoms with E-state index in [4.69, 9.17) is 4.74 Å². The number of pyridine rings is 1. The number of carboxylic acid groups (broad SMARTS) is 1. The highest BCUT2D eigenvalue weighted by atomic mass is 16.5. The smallest absolute Gasteiger partial charge is 0.336 e. The summed E-state index contributed by atoms with van der Waals surface area (Å²) in [5.41, 5.74) is 0.352. The summed E-state index contributed by atoms with van der Waals surface area (Å²) >= 11 is 0. The van der Waals surface area contributed by atoms with Crippen LogP contribution in [0.2, 0.25) is 0 Å². The number of unbranched alkanes of at least 4 members (excludes halogenated alkanes) is 1. The summed E-state index contributed by atoms with van der Waals surface area (Å²) in [5.74, 6) is -1.09. The minimum atomic E-state index is -1.09. The quantitative estimate of drug-likeness (QED) is 0.795. The maximum Gasteiger partial charge on any atom is 0.336 e. The number of carboxylic acids is 1. The average Bonchev–Trinajstić information content (AvgIpc) is 2.48. The topological polar surface area (TPSA) is 68.5 Å². The summed E-state index contributed by atoms with van der Waals surface area (Å²) in [6, 6.07) is 8.21. The summed E-state index contributed by atoms with van der Waals surface area (Å²) < 4.78 is 7.05. The molecule has 0 amide bonds. The predicted molar refractivity (Wildman–Crippen MR) is 80.9 cm³/mol. The zero-order valence-electron chi connectivity index (χ0n) is 12.0. The molecule has 0 unspecified atom stereocenters. The van der Waals surface area contributed by atoms with E-state index < -0.39 is 5.97 Å². The highest BCUT2D eigenvalue weighted by Crippen LogP contribution is 2.16. The lowest BCUT2D eigenvalue weighted by Gasteiger charge is -2.12. The molecule has 0 aliphatic carbocycles. The Morgan fingerprint density at radius 1 is 1.29 bits per heavy atom. The van der Waals surface area contributed by atoms with Crippen LogP contribution >= 0.6 is 0 Å². The predicted octanol–water partition coefficient (Wildman–Crippen LogP) is 2.52. The molecule has 1 heterocycles. The number of nitrogens with zero attached hydrogens (tertiary/aromatic N) is 1. The summed E-state index contributed by atoms with van der Waals surface area (Å²) in [6.45, 7) is 3.63. The molecule has 2 aromatic rings. The number of benzene rings is 1. The van der Waals surface area contributed by atoms with Gasteiger partial charge in [-0.15, -0.1) is 0 Å². The second-order valence-corrected chi connectivity index (χ2v) is 4.84. The molecule has 0 saturated carbocycles. The standard InChI is InChI=1S/C16H19NO4/c1-2-3-9-21-10-8-17-14-7-5-4-6-12(14)13(16(19)20)11-15(17)18/h4-7,11H,2-3,8-10H2,1H3,(H,19,20). The molecule has 1 aromatic heterocycles. The lowest BCUT2D eigenvalue weighted by Crippen LogP contribution is -2.24. The zero-order chi connectivity index (χ0) is 15.2. The number of aromatic carboxylic acids is 1. The molecule has 0 fully saturated rings. The number of rotatable bonds is 7. The first kappa shape index (κ1) is 15.3. The van der Waals surface area contributed by atoms with E-state index in [9.17, 15) is 14.7 Å². The van der Waals surface area contributed by atoms with Crippen molar-refractivity contribution in [2.24, 2.45) is 0 Å². The summed E-state index contributed by atoms with van der Waals surface area (Å²) in [4.78, 5) is 23.4. The molecule has 0 bridgehead atoms. The lowest BCUT2D eigenvalue weighted by atomic mass is 10.1. The van der Waals surface area contributed by atoms with Gasteiger partial charge in [0.15, 0.2) is 0 Å². The van der Waals surface area contributed by atoms with Crippen LogP contribution in [-0.4, -0.2) is 28.9 Å². The SMILES string of the molecule is CCCCOCCn1c(=O)cc(C(=O)O)c2ccccc21. The van der Waals surface area contributed by atoms with Crippen molar-refractivity contribution in [3.63, 3.8) is 0 Å². The Morgan fingerprint density at radius 3 is 2.76 bits per heavy atom. The van der Waals surface area contributed by atoms with Crippen molar-refractivity contribution in [3.8, 4) is 0 Å². The number of ether oxygens (including phenoxy) is 1. The third-order valence-electron chi connectivity index (χ3n) is 3.35. The van der Waals surface area contributed by atoms with Crippen LogP contribution in [0, 0.1) is 0 Å². The molecule has 21 heavy (non-hydrogen) atoms. The Labute approximate surface area is 122 Å². The van der Waals surface area contributed by atoms with Gasteiger partial charge in [0, 0.05) is 24.6 Å². The van der Waals surface area contributed by atoms with Crippen molar-refractivity contribution in [3.05, 3.63) is 46.2 Å². The van der Waals surface area contributed by atoms with E-state index in [-0.39, 0.29) is 11.1 Å². The number of hydrogen-bond donors (Lipinski definition) is 1. The van der Waals surface area contributed by atoms with Gasteiger partial charge in [-0.2, -0.15) is 0 Å². The van der Waals surface area contributed by atoms with E-state index in [0.717, 1.165) is 12.8 Å². The maximum atomic E-state index is 12.1. The molecule has 0 aliphatic rings. The molecular formula is C16H19NO4. The normalized spacial score (nSPS) is 10.9. The second-order valence-electron chi connectivity index (χ2n) is 4.84. The molecule has 0 aliphatic heterocycles. The van der Waals surface area contributed by atoms with Gasteiger partial charge in [0.25, 0.3) is 5.56 Å². The zero-order valence-corrected chi connectivity index (χ0v) is 12.0. The first-order chi connectivity index (χ1) is 10.1. The van der Waals surface area contributed by atoms with Crippen LogP contribution in [0.25, 0.3) is 10.9 Å². The first-order valence-electron chi connectivity index (χ1n) is 7.08. The lowest BCUT2D eigenvalue weighted by molar-refractivity contribution is 0.0698. The molecule has 1 N–H and O–H groups in total. The van der Waals surface area contributed by atoms with E-state index in [0.29, 0.717) is 30.7 Å². The number of aromatic nitrogens is 1. The Morgan fingerprint density at radius 2 is 2.05 bits per heavy atom. The number of hydrogen-bond acceptors (Lipinski definition) is 3. The minimum absolute atomic E-state index is 0.0405. The maximum absolute atomic E-state index is 12.1. The van der Waals surface area contributed by atoms with Crippen molar-refractivity contribution in [1.29, 1.82) is 0 Å². The minimum Gasteiger partial charge on any atom is -0.478 e. The van der Waals surface area contributed by atoms with Gasteiger partial charge in [-0.25, -0.2) is 4.79 Å². The van der Waals surface area contributed by atoms with Crippen molar-refractivity contribution in [2.45, 2.75) is 26.3 Å². The Hall–Kier alpha value is -2.14. The molecule has 0 radical (unpaired) electrons. The van der Waals surface area contributed by atoms with Crippen LogP contribution in [0.4, 0.5) is 0 Å². The van der Waals surface area contributed by atoms with Gasteiger partial charge in [0.05, 0.1) is 17.7 Å². The number of para-hydroxylation sites is 1. The molecule has 5 nitrogen and oxygen atoms in total.